The number of benzene rings is 3. The first kappa shape index (κ1) is 13.8. The van der Waals surface area contributed by atoms with Crippen molar-refractivity contribution < 1.29 is 4.39 Å². The molecule has 21 heavy (non-hydrogen) atoms. The monoisotopic (exact) mass is 279 g/mol. The van der Waals surface area contributed by atoms with Crippen LogP contribution in [0.1, 0.15) is 22.7 Å². The zero-order valence-electron chi connectivity index (χ0n) is 12.0. The average molecular weight is 279 g/mol. The van der Waals surface area contributed by atoms with Crippen molar-refractivity contribution in [2.45, 2.75) is 19.4 Å². The van der Waals surface area contributed by atoms with E-state index < -0.39 is 0 Å². The Morgan fingerprint density at radius 3 is 2.29 bits per heavy atom. The number of aryl methyl sites for hydroxylation is 1. The minimum absolute atomic E-state index is 0.141. The van der Waals surface area contributed by atoms with Gasteiger partial charge in [0.25, 0.3) is 0 Å². The quantitative estimate of drug-likeness (QED) is 0.749. The molecule has 1 nitrogen and oxygen atoms in total. The van der Waals surface area contributed by atoms with Gasteiger partial charge in [0.2, 0.25) is 0 Å². The zero-order chi connectivity index (χ0) is 14.8. The third kappa shape index (κ3) is 2.81. The molecule has 0 bridgehead atoms. The van der Waals surface area contributed by atoms with Gasteiger partial charge in [0.05, 0.1) is 0 Å². The third-order valence-electron chi connectivity index (χ3n) is 3.88. The predicted octanol–water partition coefficient (Wildman–Crippen LogP) is 4.53. The van der Waals surface area contributed by atoms with Crippen LogP contribution in [0.15, 0.2) is 60.7 Å². The van der Waals surface area contributed by atoms with Crippen LogP contribution >= 0.6 is 0 Å². The molecule has 0 amide bonds. The molecule has 0 fully saturated rings. The summed E-state index contributed by atoms with van der Waals surface area (Å²) < 4.78 is 13.9. The van der Waals surface area contributed by atoms with Crippen molar-refractivity contribution in [2.24, 2.45) is 5.73 Å². The summed E-state index contributed by atoms with van der Waals surface area (Å²) in [5.74, 6) is -0.197. The van der Waals surface area contributed by atoms with E-state index >= 15 is 0 Å². The van der Waals surface area contributed by atoms with Gasteiger partial charge in [-0.15, -0.1) is 0 Å². The van der Waals surface area contributed by atoms with E-state index in [4.69, 9.17) is 5.73 Å². The van der Waals surface area contributed by atoms with Crippen LogP contribution in [0.2, 0.25) is 0 Å². The van der Waals surface area contributed by atoms with E-state index in [-0.39, 0.29) is 11.9 Å². The summed E-state index contributed by atoms with van der Waals surface area (Å²) in [5.41, 5.74) is 9.78. The van der Waals surface area contributed by atoms with Crippen molar-refractivity contribution in [3.63, 3.8) is 0 Å². The van der Waals surface area contributed by atoms with Crippen molar-refractivity contribution in [3.05, 3.63) is 83.2 Å². The van der Waals surface area contributed by atoms with Crippen LogP contribution in [-0.2, 0) is 6.42 Å². The van der Waals surface area contributed by atoms with E-state index in [1.165, 1.54) is 17.2 Å². The van der Waals surface area contributed by atoms with Crippen LogP contribution in [0.4, 0.5) is 4.39 Å². The Hall–Kier alpha value is -2.19. The Morgan fingerprint density at radius 1 is 0.905 bits per heavy atom. The lowest BCUT2D eigenvalue weighted by Crippen LogP contribution is -2.14. The molecule has 0 spiro atoms. The zero-order valence-corrected chi connectivity index (χ0v) is 12.0. The fourth-order valence-electron chi connectivity index (χ4n) is 2.70. The van der Waals surface area contributed by atoms with Crippen LogP contribution in [0, 0.1) is 12.7 Å². The Bertz CT molecular complexity index is 762. The highest BCUT2D eigenvalue weighted by atomic mass is 19.1. The van der Waals surface area contributed by atoms with Crippen molar-refractivity contribution in [1.82, 2.24) is 0 Å². The average Bonchev–Trinajstić information content (AvgIpc) is 2.50. The minimum atomic E-state index is -0.197. The van der Waals surface area contributed by atoms with E-state index in [9.17, 15) is 4.39 Å². The lowest BCUT2D eigenvalue weighted by Gasteiger charge is -2.15. The predicted molar refractivity (Wildman–Crippen MR) is 85.7 cm³/mol. The molecule has 0 aliphatic carbocycles. The van der Waals surface area contributed by atoms with E-state index in [1.807, 2.05) is 18.2 Å². The van der Waals surface area contributed by atoms with Gasteiger partial charge in [0, 0.05) is 11.4 Å². The van der Waals surface area contributed by atoms with Gasteiger partial charge in [0.15, 0.2) is 0 Å². The van der Waals surface area contributed by atoms with Gasteiger partial charge in [-0.05, 0) is 35.9 Å². The molecule has 3 aromatic carbocycles. The Balaban J connectivity index is 1.96. The fourth-order valence-corrected chi connectivity index (χ4v) is 2.70. The van der Waals surface area contributed by atoms with Gasteiger partial charge in [0.1, 0.15) is 5.82 Å². The first-order chi connectivity index (χ1) is 10.1. The van der Waals surface area contributed by atoms with E-state index in [0.717, 1.165) is 17.4 Å². The number of hydrogen-bond donors (Lipinski definition) is 1. The molecule has 106 valence electrons. The number of hydrogen-bond acceptors (Lipinski definition) is 1. The molecule has 0 aliphatic rings. The summed E-state index contributed by atoms with van der Waals surface area (Å²) in [6, 6.07) is 19.0. The summed E-state index contributed by atoms with van der Waals surface area (Å²) in [6.07, 6.45) is 0.746. The van der Waals surface area contributed by atoms with Crippen LogP contribution in [0.25, 0.3) is 10.8 Å². The maximum absolute atomic E-state index is 13.9. The highest BCUT2D eigenvalue weighted by Gasteiger charge is 2.12. The minimum Gasteiger partial charge on any atom is -0.324 e. The molecule has 0 aliphatic heterocycles. The van der Waals surface area contributed by atoms with Gasteiger partial charge in [-0.2, -0.15) is 0 Å². The van der Waals surface area contributed by atoms with Crippen molar-refractivity contribution in [1.29, 1.82) is 0 Å². The van der Waals surface area contributed by atoms with Crippen LogP contribution < -0.4 is 5.73 Å². The molecule has 0 aromatic heterocycles. The Kier molecular flexibility index (Phi) is 3.72. The number of rotatable bonds is 3. The molecule has 3 rings (SSSR count). The van der Waals surface area contributed by atoms with Gasteiger partial charge in [-0.3, -0.25) is 0 Å². The largest absolute Gasteiger partial charge is 0.324 e. The summed E-state index contributed by atoms with van der Waals surface area (Å²) in [7, 11) is 0. The molecular weight excluding hydrogens is 261 g/mol. The Morgan fingerprint density at radius 2 is 1.57 bits per heavy atom. The molecule has 0 saturated carbocycles. The van der Waals surface area contributed by atoms with Crippen molar-refractivity contribution in [2.75, 3.05) is 0 Å². The highest BCUT2D eigenvalue weighted by Crippen LogP contribution is 2.27. The lowest BCUT2D eigenvalue weighted by molar-refractivity contribution is 0.637. The van der Waals surface area contributed by atoms with Crippen molar-refractivity contribution >= 4 is 10.8 Å². The maximum atomic E-state index is 13.9. The molecule has 0 heterocycles. The molecule has 3 aromatic rings. The van der Waals surface area contributed by atoms with E-state index in [2.05, 4.69) is 31.2 Å². The van der Waals surface area contributed by atoms with Gasteiger partial charge in [-0.1, -0.05) is 60.2 Å². The SMILES string of the molecule is Cc1ccc(CC(N)c2ccc(F)c3ccccc23)cc1. The molecule has 1 unspecified atom stereocenters. The fraction of sp³-hybridized carbons (Fsp3) is 0.158. The Labute approximate surface area is 124 Å². The third-order valence-corrected chi connectivity index (χ3v) is 3.88. The maximum Gasteiger partial charge on any atom is 0.131 e. The van der Waals surface area contributed by atoms with Crippen molar-refractivity contribution in [3.8, 4) is 0 Å². The molecule has 0 saturated heterocycles. The molecule has 1 atom stereocenters. The van der Waals surface area contributed by atoms with Crippen LogP contribution in [-0.4, -0.2) is 0 Å². The summed E-state index contributed by atoms with van der Waals surface area (Å²) in [4.78, 5) is 0. The van der Waals surface area contributed by atoms with Gasteiger partial charge in [-0.25, -0.2) is 4.39 Å². The highest BCUT2D eigenvalue weighted by molar-refractivity contribution is 5.86. The number of fused-ring (bicyclic) bond motifs is 1. The normalized spacial score (nSPS) is 12.5. The van der Waals surface area contributed by atoms with E-state index in [1.54, 1.807) is 12.1 Å². The van der Waals surface area contributed by atoms with E-state index in [0.29, 0.717) is 5.39 Å². The molecule has 2 N–H and O–H groups in total. The molecule has 0 radical (unpaired) electrons. The second-order valence-corrected chi connectivity index (χ2v) is 5.48. The standard InChI is InChI=1S/C19H18FN/c1-13-6-8-14(9-7-13)12-19(21)17-10-11-18(20)16-5-3-2-4-15(16)17/h2-11,19H,12,21H2,1H3. The van der Waals surface area contributed by atoms with Crippen LogP contribution in [0.3, 0.4) is 0 Å². The molecule has 2 heteroatoms. The summed E-state index contributed by atoms with van der Waals surface area (Å²) >= 11 is 0. The van der Waals surface area contributed by atoms with Crippen LogP contribution in [0.5, 0.6) is 0 Å². The second-order valence-electron chi connectivity index (χ2n) is 5.48. The smallest absolute Gasteiger partial charge is 0.131 e. The van der Waals surface area contributed by atoms with Gasteiger partial charge >= 0.3 is 0 Å². The van der Waals surface area contributed by atoms with Gasteiger partial charge < -0.3 is 5.73 Å². The first-order valence-electron chi connectivity index (χ1n) is 7.13. The summed E-state index contributed by atoms with van der Waals surface area (Å²) in [5, 5.41) is 1.53. The number of halogens is 1. The molecular formula is C19H18FN. The first-order valence-corrected chi connectivity index (χ1v) is 7.13. The lowest BCUT2D eigenvalue weighted by atomic mass is 9.94. The summed E-state index contributed by atoms with van der Waals surface area (Å²) in [6.45, 7) is 2.07. The topological polar surface area (TPSA) is 26.0 Å². The number of nitrogens with two attached hydrogens (primary N) is 1. The second kappa shape index (κ2) is 5.66.